The first-order chi connectivity index (χ1) is 8.67. The van der Waals surface area contributed by atoms with Gasteiger partial charge >= 0.3 is 0 Å². The van der Waals surface area contributed by atoms with E-state index in [1.165, 1.54) is 23.9 Å². The largest absolute Gasteiger partial charge is 0.308 e. The normalized spacial score (nSPS) is 10.4. The van der Waals surface area contributed by atoms with Crippen LogP contribution >= 0.6 is 11.8 Å². The number of hydrogen-bond acceptors (Lipinski definition) is 5. The molecule has 2 aromatic rings. The smallest absolute Gasteiger partial charge is 0.143 e. The number of aromatic nitrogens is 2. The predicted octanol–water partition coefficient (Wildman–Crippen LogP) is 2.50. The van der Waals surface area contributed by atoms with Crippen molar-refractivity contribution in [3.63, 3.8) is 0 Å². The van der Waals surface area contributed by atoms with Gasteiger partial charge in [-0.1, -0.05) is 6.07 Å². The van der Waals surface area contributed by atoms with Crippen LogP contribution in [-0.4, -0.2) is 9.97 Å². The second kappa shape index (κ2) is 5.79. The first-order valence-electron chi connectivity index (χ1n) is 5.37. The van der Waals surface area contributed by atoms with Gasteiger partial charge in [-0.15, -0.1) is 11.8 Å². The molecule has 0 fully saturated rings. The van der Waals surface area contributed by atoms with E-state index in [0.29, 0.717) is 17.4 Å². The van der Waals surface area contributed by atoms with E-state index in [1.54, 1.807) is 12.1 Å². The van der Waals surface area contributed by atoms with Gasteiger partial charge in [0.1, 0.15) is 17.5 Å². The maximum Gasteiger partial charge on any atom is 0.143 e. The molecular formula is C12H13FN4S. The van der Waals surface area contributed by atoms with E-state index >= 15 is 0 Å². The molecule has 0 saturated heterocycles. The van der Waals surface area contributed by atoms with Crippen LogP contribution in [0.25, 0.3) is 0 Å². The van der Waals surface area contributed by atoms with Gasteiger partial charge in [-0.3, -0.25) is 0 Å². The third-order valence-electron chi connectivity index (χ3n) is 2.21. The number of rotatable bonds is 4. The Balaban J connectivity index is 2.08. The van der Waals surface area contributed by atoms with E-state index in [9.17, 15) is 4.39 Å². The fourth-order valence-electron chi connectivity index (χ4n) is 1.47. The maximum atomic E-state index is 13.0. The molecule has 0 aliphatic heterocycles. The minimum absolute atomic E-state index is 0.241. The molecular weight excluding hydrogens is 251 g/mol. The van der Waals surface area contributed by atoms with Gasteiger partial charge in [0.05, 0.1) is 5.75 Å². The van der Waals surface area contributed by atoms with E-state index in [2.05, 4.69) is 15.4 Å². The van der Waals surface area contributed by atoms with Crippen molar-refractivity contribution in [3.05, 3.63) is 47.7 Å². The van der Waals surface area contributed by atoms with Crippen molar-refractivity contribution < 1.29 is 4.39 Å². The summed E-state index contributed by atoms with van der Waals surface area (Å²) in [6, 6.07) is 8.20. The number of benzene rings is 1. The second-order valence-corrected chi connectivity index (χ2v) is 4.75. The SMILES string of the molecule is Cc1cc(NN)nc(CSc2cccc(F)c2)n1. The summed E-state index contributed by atoms with van der Waals surface area (Å²) in [4.78, 5) is 9.38. The summed E-state index contributed by atoms with van der Waals surface area (Å²) in [5, 5.41) is 0. The number of hydrogen-bond donors (Lipinski definition) is 2. The maximum absolute atomic E-state index is 13.0. The van der Waals surface area contributed by atoms with Gasteiger partial charge < -0.3 is 5.43 Å². The van der Waals surface area contributed by atoms with Crippen LogP contribution in [0.15, 0.2) is 35.2 Å². The molecule has 94 valence electrons. The summed E-state index contributed by atoms with van der Waals surface area (Å²) in [6.45, 7) is 1.87. The number of nitrogen functional groups attached to an aromatic ring is 1. The fraction of sp³-hybridized carbons (Fsp3) is 0.167. The minimum atomic E-state index is -0.241. The Labute approximate surface area is 109 Å². The monoisotopic (exact) mass is 264 g/mol. The highest BCUT2D eigenvalue weighted by Gasteiger charge is 2.03. The molecule has 0 bridgehead atoms. The standard InChI is InChI=1S/C12H13FN4S/c1-8-5-11(17-14)16-12(15-8)7-18-10-4-2-3-9(13)6-10/h2-6H,7,14H2,1H3,(H,15,16,17). The molecule has 0 radical (unpaired) electrons. The fourth-order valence-corrected chi connectivity index (χ4v) is 2.27. The van der Waals surface area contributed by atoms with Crippen molar-refractivity contribution in [1.82, 2.24) is 9.97 Å². The molecule has 1 aromatic carbocycles. The summed E-state index contributed by atoms with van der Waals surface area (Å²) in [6.07, 6.45) is 0. The zero-order chi connectivity index (χ0) is 13.0. The molecule has 0 saturated carbocycles. The van der Waals surface area contributed by atoms with Crippen molar-refractivity contribution in [1.29, 1.82) is 0 Å². The molecule has 1 heterocycles. The summed E-state index contributed by atoms with van der Waals surface area (Å²) in [5.74, 6) is 6.89. The summed E-state index contributed by atoms with van der Waals surface area (Å²) < 4.78 is 13.0. The molecule has 3 N–H and O–H groups in total. The lowest BCUT2D eigenvalue weighted by atomic mass is 10.4. The van der Waals surface area contributed by atoms with Gasteiger partial charge in [0.25, 0.3) is 0 Å². The zero-order valence-corrected chi connectivity index (χ0v) is 10.7. The molecule has 6 heteroatoms. The van der Waals surface area contributed by atoms with Gasteiger partial charge in [0.2, 0.25) is 0 Å². The summed E-state index contributed by atoms with van der Waals surface area (Å²) in [7, 11) is 0. The van der Waals surface area contributed by atoms with Crippen molar-refractivity contribution in [2.45, 2.75) is 17.6 Å². The first kappa shape index (κ1) is 12.8. The lowest BCUT2D eigenvalue weighted by Crippen LogP contribution is -2.10. The number of nitrogens with one attached hydrogen (secondary N) is 1. The van der Waals surface area contributed by atoms with E-state index in [0.717, 1.165) is 10.6 Å². The molecule has 4 nitrogen and oxygen atoms in total. The molecule has 0 amide bonds. The van der Waals surface area contributed by atoms with Crippen LogP contribution in [0.2, 0.25) is 0 Å². The first-order valence-corrected chi connectivity index (χ1v) is 6.35. The van der Waals surface area contributed by atoms with Crippen LogP contribution in [0.5, 0.6) is 0 Å². The Morgan fingerprint density at radius 2 is 2.17 bits per heavy atom. The number of nitrogens with zero attached hydrogens (tertiary/aromatic N) is 2. The van der Waals surface area contributed by atoms with E-state index in [4.69, 9.17) is 5.84 Å². The zero-order valence-electron chi connectivity index (χ0n) is 9.85. The molecule has 0 atom stereocenters. The molecule has 0 unspecified atom stereocenters. The molecule has 1 aromatic heterocycles. The van der Waals surface area contributed by atoms with E-state index < -0.39 is 0 Å². The molecule has 0 aliphatic rings. The Kier molecular flexibility index (Phi) is 4.11. The molecule has 0 aliphatic carbocycles. The van der Waals surface area contributed by atoms with Gasteiger partial charge in [0.15, 0.2) is 0 Å². The van der Waals surface area contributed by atoms with Gasteiger partial charge in [-0.2, -0.15) is 0 Å². The van der Waals surface area contributed by atoms with Crippen LogP contribution < -0.4 is 11.3 Å². The number of anilines is 1. The lowest BCUT2D eigenvalue weighted by molar-refractivity contribution is 0.624. The van der Waals surface area contributed by atoms with Gasteiger partial charge in [-0.05, 0) is 25.1 Å². The average Bonchev–Trinajstić information content (AvgIpc) is 2.36. The molecule has 18 heavy (non-hydrogen) atoms. The minimum Gasteiger partial charge on any atom is -0.308 e. The molecule has 2 rings (SSSR count). The number of thioether (sulfide) groups is 1. The summed E-state index contributed by atoms with van der Waals surface area (Å²) >= 11 is 1.48. The van der Waals surface area contributed by atoms with Crippen LogP contribution in [0.4, 0.5) is 10.2 Å². The van der Waals surface area contributed by atoms with Crippen molar-refractivity contribution in [2.24, 2.45) is 5.84 Å². The lowest BCUT2D eigenvalue weighted by Gasteiger charge is -2.05. The molecule has 0 spiro atoms. The van der Waals surface area contributed by atoms with Crippen molar-refractivity contribution in [2.75, 3.05) is 5.43 Å². The van der Waals surface area contributed by atoms with Crippen LogP contribution in [0, 0.1) is 12.7 Å². The third-order valence-corrected chi connectivity index (χ3v) is 3.20. The van der Waals surface area contributed by atoms with Crippen molar-refractivity contribution >= 4 is 17.6 Å². The summed E-state index contributed by atoms with van der Waals surface area (Å²) in [5.41, 5.74) is 3.34. The predicted molar refractivity (Wildman–Crippen MR) is 70.5 cm³/mol. The third kappa shape index (κ3) is 3.41. The van der Waals surface area contributed by atoms with E-state index in [-0.39, 0.29) is 5.82 Å². The van der Waals surface area contributed by atoms with Gasteiger partial charge in [-0.25, -0.2) is 20.2 Å². The van der Waals surface area contributed by atoms with Crippen LogP contribution in [0.1, 0.15) is 11.5 Å². The highest BCUT2D eigenvalue weighted by Crippen LogP contribution is 2.22. The van der Waals surface area contributed by atoms with Gasteiger partial charge in [0, 0.05) is 16.7 Å². The topological polar surface area (TPSA) is 63.8 Å². The number of hydrazine groups is 1. The number of aryl methyl sites for hydroxylation is 1. The Morgan fingerprint density at radius 3 is 2.89 bits per heavy atom. The quantitative estimate of drug-likeness (QED) is 0.504. The Morgan fingerprint density at radius 1 is 1.33 bits per heavy atom. The second-order valence-electron chi connectivity index (χ2n) is 3.70. The Bertz CT molecular complexity index is 547. The van der Waals surface area contributed by atoms with Crippen LogP contribution in [0.3, 0.4) is 0 Å². The number of nitrogens with two attached hydrogens (primary N) is 1. The highest BCUT2D eigenvalue weighted by molar-refractivity contribution is 7.98. The number of halogens is 1. The van der Waals surface area contributed by atoms with E-state index in [1.807, 2.05) is 13.0 Å². The van der Waals surface area contributed by atoms with Crippen molar-refractivity contribution in [3.8, 4) is 0 Å². The average molecular weight is 264 g/mol. The van der Waals surface area contributed by atoms with Crippen LogP contribution in [-0.2, 0) is 5.75 Å². The Hall–Kier alpha value is -1.66. The highest BCUT2D eigenvalue weighted by atomic mass is 32.2.